The maximum Gasteiger partial charge on any atom is 0.226 e. The molecule has 2 heterocycles. The lowest BCUT2D eigenvalue weighted by Gasteiger charge is -2.25. The first kappa shape index (κ1) is 15.9. The minimum Gasteiger partial charge on any atom is -0.376 e. The highest BCUT2D eigenvalue weighted by atomic mass is 19.1. The third-order valence-corrected chi connectivity index (χ3v) is 4.66. The van der Waals surface area contributed by atoms with E-state index in [9.17, 15) is 14.0 Å². The van der Waals surface area contributed by atoms with E-state index in [1.54, 1.807) is 24.1 Å². The quantitative estimate of drug-likeness (QED) is 0.917. The molecule has 1 N–H and O–H groups in total. The summed E-state index contributed by atoms with van der Waals surface area (Å²) in [6.07, 6.45) is 2.21. The van der Waals surface area contributed by atoms with Crippen LogP contribution in [0.15, 0.2) is 24.3 Å². The molecular formula is C17H21FN2O3. The van der Waals surface area contributed by atoms with Crippen LogP contribution in [0.1, 0.15) is 30.9 Å². The molecule has 1 aromatic rings. The first-order valence-corrected chi connectivity index (χ1v) is 7.96. The molecule has 0 saturated carbocycles. The zero-order valence-electron chi connectivity index (χ0n) is 13.1. The lowest BCUT2D eigenvalue weighted by molar-refractivity contribution is -0.128. The average molecular weight is 320 g/mol. The van der Waals surface area contributed by atoms with E-state index in [0.29, 0.717) is 6.54 Å². The van der Waals surface area contributed by atoms with Crippen molar-refractivity contribution in [3.05, 3.63) is 35.6 Å². The molecule has 2 amide bonds. The van der Waals surface area contributed by atoms with Crippen molar-refractivity contribution in [2.75, 3.05) is 20.2 Å². The molecule has 5 nitrogen and oxygen atoms in total. The predicted octanol–water partition coefficient (Wildman–Crippen LogP) is 1.64. The molecule has 2 saturated heterocycles. The van der Waals surface area contributed by atoms with Crippen LogP contribution >= 0.6 is 0 Å². The van der Waals surface area contributed by atoms with E-state index in [1.807, 2.05) is 0 Å². The van der Waals surface area contributed by atoms with Gasteiger partial charge in [0.25, 0.3) is 0 Å². The predicted molar refractivity (Wildman–Crippen MR) is 82.0 cm³/mol. The second-order valence-electron chi connectivity index (χ2n) is 6.19. The van der Waals surface area contributed by atoms with Crippen molar-refractivity contribution in [3.8, 4) is 0 Å². The van der Waals surface area contributed by atoms with E-state index in [2.05, 4.69) is 5.32 Å². The van der Waals surface area contributed by atoms with E-state index >= 15 is 0 Å². The molecule has 0 spiro atoms. The first-order valence-electron chi connectivity index (χ1n) is 7.96. The number of ether oxygens (including phenoxy) is 1. The van der Waals surface area contributed by atoms with Gasteiger partial charge in [0.2, 0.25) is 11.8 Å². The van der Waals surface area contributed by atoms with Crippen molar-refractivity contribution in [3.63, 3.8) is 0 Å². The van der Waals surface area contributed by atoms with Gasteiger partial charge in [0.15, 0.2) is 0 Å². The van der Waals surface area contributed by atoms with Crippen molar-refractivity contribution >= 4 is 11.8 Å². The van der Waals surface area contributed by atoms with Gasteiger partial charge in [-0.25, -0.2) is 4.39 Å². The van der Waals surface area contributed by atoms with Crippen LogP contribution in [-0.2, 0) is 14.3 Å². The van der Waals surface area contributed by atoms with Gasteiger partial charge in [-0.15, -0.1) is 0 Å². The Hall–Kier alpha value is -1.95. The van der Waals surface area contributed by atoms with Gasteiger partial charge < -0.3 is 15.0 Å². The van der Waals surface area contributed by atoms with Gasteiger partial charge in [0.1, 0.15) is 5.82 Å². The molecule has 0 aliphatic carbocycles. The van der Waals surface area contributed by atoms with Crippen molar-refractivity contribution < 1.29 is 18.7 Å². The van der Waals surface area contributed by atoms with Crippen LogP contribution in [0.3, 0.4) is 0 Å². The molecule has 3 atom stereocenters. The molecule has 2 aliphatic rings. The smallest absolute Gasteiger partial charge is 0.226 e. The summed E-state index contributed by atoms with van der Waals surface area (Å²) in [7, 11) is 1.68. The molecule has 124 valence electrons. The van der Waals surface area contributed by atoms with Crippen LogP contribution in [0, 0.1) is 11.7 Å². The van der Waals surface area contributed by atoms with Crippen LogP contribution in [0.5, 0.6) is 0 Å². The van der Waals surface area contributed by atoms with E-state index < -0.39 is 5.92 Å². The van der Waals surface area contributed by atoms with Crippen LogP contribution in [0.4, 0.5) is 4.39 Å². The maximum absolute atomic E-state index is 13.1. The fourth-order valence-corrected chi connectivity index (χ4v) is 3.37. The van der Waals surface area contributed by atoms with Gasteiger partial charge in [0, 0.05) is 26.6 Å². The number of carbonyl (C=O) groups excluding carboxylic acids is 2. The summed E-state index contributed by atoms with van der Waals surface area (Å²) in [5, 5.41) is 2.90. The highest BCUT2D eigenvalue weighted by Gasteiger charge is 2.42. The van der Waals surface area contributed by atoms with Gasteiger partial charge in [-0.05, 0) is 30.5 Å². The lowest BCUT2D eigenvalue weighted by Crippen LogP contribution is -2.38. The summed E-state index contributed by atoms with van der Waals surface area (Å²) in [5.74, 6) is -1.01. The third kappa shape index (κ3) is 3.37. The minimum absolute atomic E-state index is 0.0676. The van der Waals surface area contributed by atoms with Crippen molar-refractivity contribution in [1.29, 1.82) is 0 Å². The zero-order valence-corrected chi connectivity index (χ0v) is 13.1. The average Bonchev–Trinajstić information content (AvgIpc) is 3.15. The zero-order chi connectivity index (χ0) is 16.4. The van der Waals surface area contributed by atoms with Gasteiger partial charge in [0.05, 0.1) is 18.1 Å². The normalized spacial score (nSPS) is 27.5. The summed E-state index contributed by atoms with van der Waals surface area (Å²) in [4.78, 5) is 26.1. The molecule has 0 unspecified atom stereocenters. The Bertz CT molecular complexity index is 584. The Morgan fingerprint density at radius 1 is 1.39 bits per heavy atom. The Labute approximate surface area is 134 Å². The van der Waals surface area contributed by atoms with E-state index in [-0.39, 0.29) is 36.2 Å². The Balaban J connectivity index is 1.71. The van der Waals surface area contributed by atoms with Crippen LogP contribution in [0.25, 0.3) is 0 Å². The number of likely N-dealkylation sites (tertiary alicyclic amines) is 1. The summed E-state index contributed by atoms with van der Waals surface area (Å²) in [6, 6.07) is 5.62. The van der Waals surface area contributed by atoms with Gasteiger partial charge in [-0.2, -0.15) is 0 Å². The van der Waals surface area contributed by atoms with Gasteiger partial charge in [-0.1, -0.05) is 12.1 Å². The SMILES string of the molecule is CN1C(=O)C[C@H](C(=O)NC[C@@H]2CCCO2)[C@@H]1c1ccc(F)cc1. The van der Waals surface area contributed by atoms with Crippen LogP contribution < -0.4 is 5.32 Å². The molecule has 0 radical (unpaired) electrons. The first-order chi connectivity index (χ1) is 11.1. The van der Waals surface area contributed by atoms with E-state index in [0.717, 1.165) is 25.0 Å². The van der Waals surface area contributed by atoms with Crippen LogP contribution in [-0.4, -0.2) is 43.0 Å². The summed E-state index contributed by atoms with van der Waals surface area (Å²) in [5.41, 5.74) is 0.775. The fourth-order valence-electron chi connectivity index (χ4n) is 3.37. The van der Waals surface area contributed by atoms with Gasteiger partial charge >= 0.3 is 0 Å². The molecule has 1 aromatic carbocycles. The molecule has 23 heavy (non-hydrogen) atoms. The molecule has 0 aromatic heterocycles. The number of nitrogens with zero attached hydrogens (tertiary/aromatic N) is 1. The van der Waals surface area contributed by atoms with E-state index in [4.69, 9.17) is 4.74 Å². The lowest BCUT2D eigenvalue weighted by atomic mass is 9.93. The van der Waals surface area contributed by atoms with Crippen molar-refractivity contribution in [2.24, 2.45) is 5.92 Å². The Morgan fingerprint density at radius 3 is 2.78 bits per heavy atom. The second-order valence-corrected chi connectivity index (χ2v) is 6.19. The Morgan fingerprint density at radius 2 is 2.13 bits per heavy atom. The second kappa shape index (κ2) is 6.66. The fraction of sp³-hybridized carbons (Fsp3) is 0.529. The highest BCUT2D eigenvalue weighted by molar-refractivity contribution is 5.90. The topological polar surface area (TPSA) is 58.6 Å². The number of hydrogen-bond acceptors (Lipinski definition) is 3. The number of amides is 2. The summed E-state index contributed by atoms with van der Waals surface area (Å²) >= 11 is 0. The number of rotatable bonds is 4. The summed E-state index contributed by atoms with van der Waals surface area (Å²) < 4.78 is 18.6. The highest BCUT2D eigenvalue weighted by Crippen LogP contribution is 2.37. The Kier molecular flexibility index (Phi) is 4.61. The third-order valence-electron chi connectivity index (χ3n) is 4.66. The van der Waals surface area contributed by atoms with Crippen molar-refractivity contribution in [2.45, 2.75) is 31.4 Å². The number of hydrogen-bond donors (Lipinski definition) is 1. The largest absolute Gasteiger partial charge is 0.376 e. The van der Waals surface area contributed by atoms with Gasteiger partial charge in [-0.3, -0.25) is 9.59 Å². The van der Waals surface area contributed by atoms with Crippen molar-refractivity contribution in [1.82, 2.24) is 10.2 Å². The number of halogens is 1. The molecule has 6 heteroatoms. The standard InChI is InChI=1S/C17H21FN2O3/c1-20-15(21)9-14(16(20)11-4-6-12(18)7-5-11)17(22)19-10-13-3-2-8-23-13/h4-7,13-14,16H,2-3,8-10H2,1H3,(H,19,22)/t13-,14-,16-/m0/s1. The molecule has 2 fully saturated rings. The monoisotopic (exact) mass is 320 g/mol. The molecule has 3 rings (SSSR count). The number of carbonyl (C=O) groups is 2. The molecular weight excluding hydrogens is 299 g/mol. The summed E-state index contributed by atoms with van der Waals surface area (Å²) in [6.45, 7) is 1.22. The minimum atomic E-state index is -0.459. The number of nitrogens with one attached hydrogen (secondary N) is 1. The van der Waals surface area contributed by atoms with Crippen LogP contribution in [0.2, 0.25) is 0 Å². The molecule has 2 aliphatic heterocycles. The van der Waals surface area contributed by atoms with E-state index in [1.165, 1.54) is 12.1 Å². The maximum atomic E-state index is 13.1. The number of benzene rings is 1. The molecule has 0 bridgehead atoms.